The molecule has 1 aliphatic carbocycles. The molecule has 3 fully saturated rings. The largest absolute Gasteiger partial charge is 0.492 e. The zero-order valence-electron chi connectivity index (χ0n) is 17.9. The number of hydrogen-bond acceptors (Lipinski definition) is 6. The van der Waals surface area contributed by atoms with Gasteiger partial charge in [-0.1, -0.05) is 0 Å². The number of likely N-dealkylation sites (tertiary alicyclic amines) is 1. The van der Waals surface area contributed by atoms with Crippen molar-refractivity contribution < 1.29 is 18.7 Å². The van der Waals surface area contributed by atoms with E-state index in [1.165, 1.54) is 6.33 Å². The Kier molecular flexibility index (Phi) is 5.14. The molecule has 0 radical (unpaired) electrons. The summed E-state index contributed by atoms with van der Waals surface area (Å²) in [5, 5.41) is 2.71. The van der Waals surface area contributed by atoms with Crippen molar-refractivity contribution in [1.29, 1.82) is 0 Å². The Morgan fingerprint density at radius 2 is 2.10 bits per heavy atom. The lowest BCUT2D eigenvalue weighted by molar-refractivity contribution is -0.122. The van der Waals surface area contributed by atoms with Crippen LogP contribution in [0, 0.1) is 13.8 Å². The minimum absolute atomic E-state index is 0.279. The van der Waals surface area contributed by atoms with Gasteiger partial charge in [-0.25, -0.2) is 14.4 Å². The smallest absolute Gasteiger partial charge is 0.262 e. The number of benzene rings is 1. The Labute approximate surface area is 181 Å². The molecule has 31 heavy (non-hydrogen) atoms. The monoisotopic (exact) mass is 426 g/mol. The quantitative estimate of drug-likeness (QED) is 0.733. The number of morpholine rings is 1. The van der Waals surface area contributed by atoms with E-state index >= 15 is 0 Å². The zero-order chi connectivity index (χ0) is 21.6. The van der Waals surface area contributed by atoms with Crippen molar-refractivity contribution in [3.63, 3.8) is 0 Å². The van der Waals surface area contributed by atoms with E-state index in [9.17, 15) is 9.18 Å². The number of hydrogen-bond donors (Lipinski definition) is 1. The summed E-state index contributed by atoms with van der Waals surface area (Å²) >= 11 is 0. The first kappa shape index (κ1) is 20.3. The summed E-state index contributed by atoms with van der Waals surface area (Å²) in [5.74, 6) is 0.108. The Morgan fingerprint density at radius 3 is 2.74 bits per heavy atom. The first-order valence-corrected chi connectivity index (χ1v) is 10.8. The van der Waals surface area contributed by atoms with E-state index in [2.05, 4.69) is 20.2 Å². The van der Waals surface area contributed by atoms with Gasteiger partial charge < -0.3 is 14.8 Å². The number of alkyl halides is 1. The molecule has 1 N–H and O–H groups in total. The maximum atomic E-state index is 14.1. The highest BCUT2D eigenvalue weighted by atomic mass is 19.1. The van der Waals surface area contributed by atoms with Crippen LogP contribution in [0.2, 0.25) is 0 Å². The van der Waals surface area contributed by atoms with E-state index in [0.29, 0.717) is 30.2 Å². The van der Waals surface area contributed by atoms with Crippen LogP contribution < -0.4 is 10.1 Å². The third kappa shape index (κ3) is 4.02. The van der Waals surface area contributed by atoms with E-state index < -0.39 is 11.6 Å². The summed E-state index contributed by atoms with van der Waals surface area (Å²) in [4.78, 5) is 23.3. The van der Waals surface area contributed by atoms with Gasteiger partial charge in [0.2, 0.25) is 0 Å². The highest BCUT2D eigenvalue weighted by molar-refractivity contribution is 6.00. The van der Waals surface area contributed by atoms with Gasteiger partial charge in [-0.05, 0) is 51.3 Å². The van der Waals surface area contributed by atoms with Gasteiger partial charge in [0.25, 0.3) is 5.91 Å². The lowest BCUT2D eigenvalue weighted by Gasteiger charge is -2.26. The first-order valence-electron chi connectivity index (χ1n) is 10.8. The SMILES string of the molecule is Cc1ncnc(C)c1-c1cc(NC(=O)C2(F)CC2)ccc1OCCN1C[C@@H]2C[C@H]1CO2. The second-order valence-electron chi connectivity index (χ2n) is 8.74. The molecule has 3 aliphatic rings. The summed E-state index contributed by atoms with van der Waals surface area (Å²) in [5.41, 5.74) is 2.11. The Morgan fingerprint density at radius 1 is 1.32 bits per heavy atom. The van der Waals surface area contributed by atoms with E-state index in [-0.39, 0.29) is 12.8 Å². The number of ether oxygens (including phenoxy) is 2. The lowest BCUT2D eigenvalue weighted by atomic mass is 10.0. The van der Waals surface area contributed by atoms with E-state index in [1.54, 1.807) is 6.07 Å². The number of nitrogens with zero attached hydrogens (tertiary/aromatic N) is 3. The Bertz CT molecular complexity index is 990. The molecule has 2 saturated heterocycles. The summed E-state index contributed by atoms with van der Waals surface area (Å²) in [7, 11) is 0. The molecule has 5 rings (SSSR count). The van der Waals surface area contributed by atoms with E-state index in [1.807, 2.05) is 26.0 Å². The predicted octanol–water partition coefficient (Wildman–Crippen LogP) is 3.05. The van der Waals surface area contributed by atoms with Crippen molar-refractivity contribution in [2.24, 2.45) is 0 Å². The van der Waals surface area contributed by atoms with Crippen LogP contribution in [0.25, 0.3) is 11.1 Å². The number of carbonyl (C=O) groups excluding carboxylic acids is 1. The minimum Gasteiger partial charge on any atom is -0.492 e. The number of fused-ring (bicyclic) bond motifs is 2. The molecule has 2 atom stereocenters. The molecule has 1 saturated carbocycles. The molecule has 2 bridgehead atoms. The predicted molar refractivity (Wildman–Crippen MR) is 114 cm³/mol. The number of anilines is 1. The molecular formula is C23H27FN4O3. The summed E-state index contributed by atoms with van der Waals surface area (Å²) < 4.78 is 26.0. The van der Waals surface area contributed by atoms with Gasteiger partial charge in [-0.2, -0.15) is 0 Å². The van der Waals surface area contributed by atoms with Crippen molar-refractivity contribution in [2.45, 2.75) is 50.9 Å². The number of rotatable bonds is 7. The normalized spacial score (nSPS) is 23.7. The van der Waals surface area contributed by atoms with Crippen LogP contribution in [0.3, 0.4) is 0 Å². The molecule has 1 aromatic heterocycles. The van der Waals surface area contributed by atoms with E-state index in [0.717, 1.165) is 48.6 Å². The summed E-state index contributed by atoms with van der Waals surface area (Å²) in [6, 6.07) is 5.90. The molecule has 8 heteroatoms. The molecule has 2 aromatic rings. The van der Waals surface area contributed by atoms with Gasteiger partial charge in [0.05, 0.1) is 12.7 Å². The third-order valence-corrected chi connectivity index (χ3v) is 6.48. The van der Waals surface area contributed by atoms with Crippen LogP contribution in [-0.2, 0) is 9.53 Å². The number of aromatic nitrogens is 2. The molecular weight excluding hydrogens is 399 g/mol. The second kappa shape index (κ2) is 7.84. The van der Waals surface area contributed by atoms with Crippen molar-refractivity contribution >= 4 is 11.6 Å². The first-order chi connectivity index (χ1) is 14.9. The van der Waals surface area contributed by atoms with Crippen LogP contribution in [0.5, 0.6) is 5.75 Å². The number of nitrogens with one attached hydrogen (secondary N) is 1. The van der Waals surface area contributed by atoms with Crippen LogP contribution in [0.4, 0.5) is 10.1 Å². The Balaban J connectivity index is 1.37. The van der Waals surface area contributed by atoms with Crippen molar-refractivity contribution in [1.82, 2.24) is 14.9 Å². The zero-order valence-corrected chi connectivity index (χ0v) is 17.9. The van der Waals surface area contributed by atoms with Crippen LogP contribution in [0.15, 0.2) is 24.5 Å². The van der Waals surface area contributed by atoms with Crippen molar-refractivity contribution in [3.05, 3.63) is 35.9 Å². The van der Waals surface area contributed by atoms with Crippen LogP contribution >= 0.6 is 0 Å². The average Bonchev–Trinajstić information content (AvgIpc) is 3.17. The lowest BCUT2D eigenvalue weighted by Crippen LogP contribution is -2.39. The van der Waals surface area contributed by atoms with Crippen molar-refractivity contribution in [3.8, 4) is 16.9 Å². The molecule has 0 unspecified atom stereocenters. The summed E-state index contributed by atoms with van der Waals surface area (Å²) in [6.45, 7) is 6.97. The van der Waals surface area contributed by atoms with Gasteiger partial charge in [-0.3, -0.25) is 9.69 Å². The fourth-order valence-corrected chi connectivity index (χ4v) is 4.52. The topological polar surface area (TPSA) is 76.6 Å². The molecule has 0 spiro atoms. The van der Waals surface area contributed by atoms with Crippen LogP contribution in [-0.4, -0.2) is 64.9 Å². The maximum Gasteiger partial charge on any atom is 0.262 e. The number of aryl methyl sites for hydroxylation is 2. The van der Waals surface area contributed by atoms with Gasteiger partial charge in [0.1, 0.15) is 18.7 Å². The maximum absolute atomic E-state index is 14.1. The average molecular weight is 426 g/mol. The molecule has 1 aromatic carbocycles. The highest BCUT2D eigenvalue weighted by Crippen LogP contribution is 2.41. The standard InChI is InChI=1S/C23H27FN4O3/c1-14-21(15(2)26-13-25-14)19-9-16(27-22(29)23(24)5-6-23)3-4-20(19)30-8-7-28-11-18-10-17(28)12-31-18/h3-4,9,13,17-18H,5-8,10-12H2,1-2H3,(H,27,29)/t17-,18-/m0/s1. The Hall–Kier alpha value is -2.58. The number of carbonyl (C=O) groups is 1. The third-order valence-electron chi connectivity index (χ3n) is 6.48. The second-order valence-corrected chi connectivity index (χ2v) is 8.74. The van der Waals surface area contributed by atoms with Gasteiger partial charge >= 0.3 is 0 Å². The van der Waals surface area contributed by atoms with Crippen molar-refractivity contribution in [2.75, 3.05) is 31.6 Å². The van der Waals surface area contributed by atoms with Gasteiger partial charge in [-0.15, -0.1) is 0 Å². The highest BCUT2D eigenvalue weighted by Gasteiger charge is 2.50. The fourth-order valence-electron chi connectivity index (χ4n) is 4.52. The summed E-state index contributed by atoms with van der Waals surface area (Å²) in [6.07, 6.45) is 3.56. The van der Waals surface area contributed by atoms with Crippen LogP contribution in [0.1, 0.15) is 30.7 Å². The number of halogens is 1. The minimum atomic E-state index is -1.73. The molecule has 1 amide bonds. The number of amides is 1. The molecule has 164 valence electrons. The van der Waals surface area contributed by atoms with E-state index in [4.69, 9.17) is 9.47 Å². The fraction of sp³-hybridized carbons (Fsp3) is 0.522. The van der Waals surface area contributed by atoms with Gasteiger partial charge in [0.15, 0.2) is 5.67 Å². The molecule has 7 nitrogen and oxygen atoms in total. The molecule has 3 heterocycles. The van der Waals surface area contributed by atoms with Gasteiger partial charge in [0, 0.05) is 47.3 Å². The molecule has 2 aliphatic heterocycles.